The molecule has 1 saturated heterocycles. The van der Waals surface area contributed by atoms with Crippen LogP contribution in [0.3, 0.4) is 0 Å². The van der Waals surface area contributed by atoms with Crippen molar-refractivity contribution in [1.29, 1.82) is 0 Å². The lowest BCUT2D eigenvalue weighted by molar-refractivity contribution is -0.145. The second kappa shape index (κ2) is 5.05. The summed E-state index contributed by atoms with van der Waals surface area (Å²) in [5, 5.41) is 3.01. The Morgan fingerprint density at radius 1 is 1.35 bits per heavy atom. The topological polar surface area (TPSA) is 49.4 Å². The third-order valence-corrected chi connectivity index (χ3v) is 4.05. The van der Waals surface area contributed by atoms with Crippen molar-refractivity contribution in [3.05, 3.63) is 34.6 Å². The summed E-state index contributed by atoms with van der Waals surface area (Å²) in [6, 6.07) is 3.65. The highest BCUT2D eigenvalue weighted by Gasteiger charge is 2.42. The molecule has 1 aliphatic carbocycles. The van der Waals surface area contributed by atoms with Gasteiger partial charge in [0.15, 0.2) is 0 Å². The first-order valence-electron chi connectivity index (χ1n) is 6.56. The zero-order valence-corrected chi connectivity index (χ0v) is 11.5. The molecular weight excluding hydrogens is 283 g/mol. The predicted molar refractivity (Wildman–Crippen MR) is 71.5 cm³/mol. The summed E-state index contributed by atoms with van der Waals surface area (Å²) in [6.07, 6.45) is 1.95. The van der Waals surface area contributed by atoms with Crippen molar-refractivity contribution in [2.75, 3.05) is 6.54 Å². The summed E-state index contributed by atoms with van der Waals surface area (Å²) >= 11 is 5.97. The maximum absolute atomic E-state index is 13.0. The number of nitrogens with zero attached hydrogens (tertiary/aromatic N) is 1. The molecule has 1 saturated carbocycles. The van der Waals surface area contributed by atoms with Gasteiger partial charge in [0, 0.05) is 11.6 Å². The molecule has 1 heterocycles. The van der Waals surface area contributed by atoms with Crippen LogP contribution >= 0.6 is 11.6 Å². The van der Waals surface area contributed by atoms with Crippen LogP contribution in [0.1, 0.15) is 18.4 Å². The van der Waals surface area contributed by atoms with Crippen molar-refractivity contribution in [3.8, 4) is 0 Å². The Bertz CT molecular complexity index is 574. The van der Waals surface area contributed by atoms with Crippen LogP contribution in [0.5, 0.6) is 0 Å². The molecule has 0 radical (unpaired) electrons. The van der Waals surface area contributed by atoms with Crippen molar-refractivity contribution in [1.82, 2.24) is 10.2 Å². The minimum atomic E-state index is -0.419. The fourth-order valence-electron chi connectivity index (χ4n) is 2.47. The van der Waals surface area contributed by atoms with Gasteiger partial charge in [0.2, 0.25) is 11.8 Å². The van der Waals surface area contributed by atoms with Crippen LogP contribution in [0, 0.1) is 11.7 Å². The third kappa shape index (κ3) is 2.63. The van der Waals surface area contributed by atoms with Gasteiger partial charge in [0.05, 0.1) is 6.54 Å². The molecule has 0 aromatic heterocycles. The van der Waals surface area contributed by atoms with Crippen LogP contribution in [-0.4, -0.2) is 29.3 Å². The van der Waals surface area contributed by atoms with Crippen molar-refractivity contribution in [2.45, 2.75) is 25.4 Å². The Hall–Kier alpha value is -1.62. The Morgan fingerprint density at radius 2 is 2.10 bits per heavy atom. The van der Waals surface area contributed by atoms with E-state index in [0.29, 0.717) is 5.56 Å². The minimum absolute atomic E-state index is 0.0236. The number of hydrogen-bond donors (Lipinski definition) is 1. The highest BCUT2D eigenvalue weighted by Crippen LogP contribution is 2.34. The summed E-state index contributed by atoms with van der Waals surface area (Å²) in [6.45, 7) is 0.254. The summed E-state index contributed by atoms with van der Waals surface area (Å²) in [5.74, 6) is -0.387. The highest BCUT2D eigenvalue weighted by molar-refractivity contribution is 6.31. The molecule has 0 spiro atoms. The second-order valence-corrected chi connectivity index (χ2v) is 5.72. The first-order chi connectivity index (χ1) is 9.54. The largest absolute Gasteiger partial charge is 0.342 e. The summed E-state index contributed by atoms with van der Waals surface area (Å²) in [4.78, 5) is 25.5. The monoisotopic (exact) mass is 296 g/mol. The molecule has 1 N–H and O–H groups in total. The first-order valence-corrected chi connectivity index (χ1v) is 6.94. The molecular formula is C14H14ClFN2O2. The molecule has 1 aromatic carbocycles. The van der Waals surface area contributed by atoms with Gasteiger partial charge in [0.1, 0.15) is 11.9 Å². The van der Waals surface area contributed by atoms with Crippen molar-refractivity contribution in [3.63, 3.8) is 0 Å². The van der Waals surface area contributed by atoms with Gasteiger partial charge in [-0.25, -0.2) is 4.39 Å². The van der Waals surface area contributed by atoms with E-state index in [0.717, 1.165) is 12.8 Å². The van der Waals surface area contributed by atoms with Crippen LogP contribution in [0.25, 0.3) is 0 Å². The number of hydrogen-bond acceptors (Lipinski definition) is 2. The van der Waals surface area contributed by atoms with Gasteiger partial charge in [-0.05, 0) is 36.5 Å². The molecule has 0 bridgehead atoms. The third-order valence-electron chi connectivity index (χ3n) is 3.70. The molecule has 6 heteroatoms. The first kappa shape index (κ1) is 13.4. The number of piperazine rings is 1. The second-order valence-electron chi connectivity index (χ2n) is 5.31. The fourth-order valence-corrected chi connectivity index (χ4v) is 2.69. The number of nitrogens with one attached hydrogen (secondary N) is 1. The smallest absolute Gasteiger partial charge is 0.246 e. The van der Waals surface area contributed by atoms with Gasteiger partial charge >= 0.3 is 0 Å². The molecule has 20 heavy (non-hydrogen) atoms. The Labute approximate surface area is 120 Å². The van der Waals surface area contributed by atoms with E-state index in [1.165, 1.54) is 17.0 Å². The molecule has 1 aliphatic heterocycles. The van der Waals surface area contributed by atoms with E-state index in [9.17, 15) is 14.0 Å². The molecule has 106 valence electrons. The molecule has 2 fully saturated rings. The van der Waals surface area contributed by atoms with Crippen LogP contribution in [0.2, 0.25) is 5.02 Å². The number of benzene rings is 1. The maximum Gasteiger partial charge on any atom is 0.246 e. The number of carbonyl (C=O) groups excluding carboxylic acids is 2. The molecule has 1 unspecified atom stereocenters. The molecule has 2 aliphatic rings. The number of halogens is 2. The molecule has 4 nitrogen and oxygen atoms in total. The standard InChI is InChI=1S/C14H14ClFN2O2/c15-11-5-10(16)4-3-9(11)6-18-7-12(19)17-13(14(18)20)8-1-2-8/h3-5,8,13H,1-2,6-7H2,(H,17,19). The van der Waals surface area contributed by atoms with Crippen LogP contribution < -0.4 is 5.32 Å². The Kier molecular flexibility index (Phi) is 3.38. The van der Waals surface area contributed by atoms with Gasteiger partial charge in [0.25, 0.3) is 0 Å². The van der Waals surface area contributed by atoms with Crippen molar-refractivity contribution in [2.24, 2.45) is 5.92 Å². The van der Waals surface area contributed by atoms with E-state index in [1.54, 1.807) is 6.07 Å². The normalized spacial score (nSPS) is 22.9. The van der Waals surface area contributed by atoms with Crippen molar-refractivity contribution < 1.29 is 14.0 Å². The maximum atomic E-state index is 13.0. The number of amides is 2. The number of carbonyl (C=O) groups is 2. The quantitative estimate of drug-likeness (QED) is 0.923. The average molecular weight is 297 g/mol. The molecule has 1 aromatic rings. The van der Waals surface area contributed by atoms with Gasteiger partial charge in [-0.1, -0.05) is 17.7 Å². The van der Waals surface area contributed by atoms with Gasteiger partial charge in [-0.15, -0.1) is 0 Å². The Morgan fingerprint density at radius 3 is 2.75 bits per heavy atom. The summed E-state index contributed by atoms with van der Waals surface area (Å²) in [5.41, 5.74) is 0.644. The van der Waals surface area contributed by atoms with Crippen molar-refractivity contribution >= 4 is 23.4 Å². The van der Waals surface area contributed by atoms with Gasteiger partial charge < -0.3 is 10.2 Å². The van der Waals surface area contributed by atoms with Crippen LogP contribution in [0.15, 0.2) is 18.2 Å². The highest BCUT2D eigenvalue weighted by atomic mass is 35.5. The van der Waals surface area contributed by atoms with E-state index >= 15 is 0 Å². The molecule has 2 amide bonds. The lowest BCUT2D eigenvalue weighted by Gasteiger charge is -2.32. The zero-order valence-electron chi connectivity index (χ0n) is 10.7. The lowest BCUT2D eigenvalue weighted by atomic mass is 10.1. The van der Waals surface area contributed by atoms with E-state index in [-0.39, 0.29) is 35.8 Å². The fraction of sp³-hybridized carbons (Fsp3) is 0.429. The van der Waals surface area contributed by atoms with E-state index in [1.807, 2.05) is 0 Å². The summed E-state index contributed by atoms with van der Waals surface area (Å²) in [7, 11) is 0. The van der Waals surface area contributed by atoms with E-state index in [2.05, 4.69) is 5.32 Å². The van der Waals surface area contributed by atoms with Gasteiger partial charge in [-0.3, -0.25) is 9.59 Å². The average Bonchev–Trinajstić information content (AvgIpc) is 3.21. The SMILES string of the molecule is O=C1CN(Cc2ccc(F)cc2Cl)C(=O)C(C2CC2)N1. The van der Waals surface area contributed by atoms with E-state index < -0.39 is 11.9 Å². The van der Waals surface area contributed by atoms with Crippen LogP contribution in [0.4, 0.5) is 4.39 Å². The van der Waals surface area contributed by atoms with Crippen LogP contribution in [-0.2, 0) is 16.1 Å². The zero-order chi connectivity index (χ0) is 14.3. The molecule has 1 atom stereocenters. The predicted octanol–water partition coefficient (Wildman–Crippen LogP) is 1.72. The number of rotatable bonds is 3. The summed E-state index contributed by atoms with van der Waals surface area (Å²) < 4.78 is 13.0. The molecule has 3 rings (SSSR count). The van der Waals surface area contributed by atoms with E-state index in [4.69, 9.17) is 11.6 Å². The lowest BCUT2D eigenvalue weighted by Crippen LogP contribution is -2.58. The Balaban J connectivity index is 1.78. The minimum Gasteiger partial charge on any atom is -0.342 e. The van der Waals surface area contributed by atoms with Gasteiger partial charge in [-0.2, -0.15) is 0 Å².